The van der Waals surface area contributed by atoms with Crippen LogP contribution >= 0.6 is 24.4 Å². The van der Waals surface area contributed by atoms with E-state index in [1.165, 1.54) is 0 Å². The zero-order valence-electron chi connectivity index (χ0n) is 8.84. The van der Waals surface area contributed by atoms with E-state index in [0.29, 0.717) is 10.0 Å². The summed E-state index contributed by atoms with van der Waals surface area (Å²) in [6, 6.07) is -2.03. The van der Waals surface area contributed by atoms with E-state index in [-0.39, 0.29) is 20.9 Å². The van der Waals surface area contributed by atoms with E-state index in [1.807, 2.05) is 0 Å². The number of hydrazine groups is 2. The van der Waals surface area contributed by atoms with Crippen LogP contribution in [0.25, 0.3) is 0 Å². The van der Waals surface area contributed by atoms with E-state index in [9.17, 15) is 9.59 Å². The number of nitrogens with zero attached hydrogens (tertiary/aromatic N) is 2. The molecule has 1 aromatic heterocycles. The summed E-state index contributed by atoms with van der Waals surface area (Å²) in [7, 11) is 0. The average Bonchev–Trinajstić information content (AvgIpc) is 2.25. The van der Waals surface area contributed by atoms with E-state index in [4.69, 9.17) is 47.6 Å². The van der Waals surface area contributed by atoms with Crippen LogP contribution in [0.2, 0.25) is 0 Å². The van der Waals surface area contributed by atoms with Crippen LogP contribution in [0.4, 0.5) is 21.1 Å². The van der Waals surface area contributed by atoms with Gasteiger partial charge in [-0.1, -0.05) is 12.2 Å². The highest BCUT2D eigenvalue weighted by Crippen LogP contribution is 2.24. The molecule has 10 nitrogen and oxygen atoms in total. The topological polar surface area (TPSA) is 176 Å². The van der Waals surface area contributed by atoms with Gasteiger partial charge in [-0.05, 0) is 12.2 Å². The smallest absolute Gasteiger partial charge is 0.335 e. The summed E-state index contributed by atoms with van der Waals surface area (Å²) >= 11 is 9.74. The third kappa shape index (κ3) is 2.62. The zero-order chi connectivity index (χ0) is 14.0. The minimum atomic E-state index is -1.01. The molecule has 0 aliphatic rings. The lowest BCUT2D eigenvalue weighted by molar-refractivity contribution is 0.252. The van der Waals surface area contributed by atoms with Gasteiger partial charge in [0, 0.05) is 0 Å². The van der Waals surface area contributed by atoms with Crippen molar-refractivity contribution < 1.29 is 9.59 Å². The van der Waals surface area contributed by atoms with Crippen molar-refractivity contribution in [2.24, 2.45) is 23.2 Å². The number of urea groups is 2. The molecule has 1 rings (SSSR count). The molecule has 18 heavy (non-hydrogen) atoms. The molecule has 12 heteroatoms. The molecule has 0 spiro atoms. The van der Waals surface area contributed by atoms with E-state index in [0.717, 1.165) is 0 Å². The Morgan fingerprint density at radius 1 is 1.00 bits per heavy atom. The van der Waals surface area contributed by atoms with Gasteiger partial charge in [0.25, 0.3) is 0 Å². The maximum Gasteiger partial charge on any atom is 0.335 e. The highest BCUT2D eigenvalue weighted by Gasteiger charge is 2.21. The molecule has 0 unspecified atom stereocenters. The van der Waals surface area contributed by atoms with Gasteiger partial charge in [-0.25, -0.2) is 31.3 Å². The second-order valence-corrected chi connectivity index (χ2v) is 3.84. The fourth-order valence-electron chi connectivity index (χ4n) is 1.09. The monoisotopic (exact) mass is 290 g/mol. The minimum Gasteiger partial charge on any atom is -0.350 e. The second-order valence-electron chi connectivity index (χ2n) is 3.02. The van der Waals surface area contributed by atoms with Gasteiger partial charge in [-0.15, -0.1) is 0 Å². The number of amides is 4. The molecule has 1 aromatic rings. The molecule has 0 aliphatic carbocycles. The molecule has 0 saturated carbocycles. The van der Waals surface area contributed by atoms with Crippen molar-refractivity contribution in [3.63, 3.8) is 0 Å². The molecular formula is C6H10N8O2S2. The van der Waals surface area contributed by atoms with Crippen molar-refractivity contribution in [3.05, 3.63) is 9.41 Å². The van der Waals surface area contributed by atoms with Crippen molar-refractivity contribution >= 4 is 48.0 Å². The van der Waals surface area contributed by atoms with Crippen LogP contribution in [0.1, 0.15) is 0 Å². The van der Waals surface area contributed by atoms with Crippen molar-refractivity contribution in [3.8, 4) is 0 Å². The Morgan fingerprint density at radius 2 is 1.50 bits per heavy atom. The maximum atomic E-state index is 11.0. The number of primary amides is 2. The van der Waals surface area contributed by atoms with Gasteiger partial charge < -0.3 is 21.4 Å². The second kappa shape index (κ2) is 5.09. The first kappa shape index (κ1) is 14.0. The van der Waals surface area contributed by atoms with Crippen LogP contribution in [-0.4, -0.2) is 22.0 Å². The summed E-state index contributed by atoms with van der Waals surface area (Å²) in [5, 5.41) is 1.000. The molecule has 1 heterocycles. The van der Waals surface area contributed by atoms with Crippen LogP contribution in [0.5, 0.6) is 0 Å². The van der Waals surface area contributed by atoms with Gasteiger partial charge >= 0.3 is 12.1 Å². The summed E-state index contributed by atoms with van der Waals surface area (Å²) in [5.74, 6) is 10.7. The van der Waals surface area contributed by atoms with Crippen LogP contribution in [0.15, 0.2) is 0 Å². The van der Waals surface area contributed by atoms with E-state index in [2.05, 4.69) is 9.97 Å². The molecule has 0 aromatic carbocycles. The van der Waals surface area contributed by atoms with Gasteiger partial charge in [0.15, 0.2) is 10.6 Å². The molecule has 0 saturated heterocycles. The van der Waals surface area contributed by atoms with E-state index >= 15 is 0 Å². The lowest BCUT2D eigenvalue weighted by Crippen LogP contribution is -2.46. The summed E-state index contributed by atoms with van der Waals surface area (Å²) in [4.78, 5) is 27.1. The number of aromatic nitrogens is 2. The highest BCUT2D eigenvalue weighted by atomic mass is 32.1. The third-order valence-electron chi connectivity index (χ3n) is 1.86. The largest absolute Gasteiger partial charge is 0.350 e. The Labute approximate surface area is 110 Å². The molecule has 0 aliphatic heterocycles. The Morgan fingerprint density at radius 3 is 1.94 bits per heavy atom. The fourth-order valence-corrected chi connectivity index (χ4v) is 1.65. The average molecular weight is 290 g/mol. The van der Waals surface area contributed by atoms with Crippen molar-refractivity contribution in [1.29, 1.82) is 0 Å². The van der Waals surface area contributed by atoms with Crippen molar-refractivity contribution in [1.82, 2.24) is 9.97 Å². The van der Waals surface area contributed by atoms with Gasteiger partial charge in [-0.3, -0.25) is 0 Å². The summed E-state index contributed by atoms with van der Waals surface area (Å²) in [5.41, 5.74) is 9.88. The first-order chi connectivity index (χ1) is 8.25. The Kier molecular flexibility index (Phi) is 3.97. The van der Waals surface area contributed by atoms with E-state index < -0.39 is 12.1 Å². The highest BCUT2D eigenvalue weighted by molar-refractivity contribution is 7.72. The number of anilines is 2. The molecule has 98 valence electrons. The number of carbonyl (C=O) groups is 2. The SMILES string of the molecule is NC(=O)N(N)c1[nH]c(=S)[nH]c(=S)c1N(N)C(N)=O. The lowest BCUT2D eigenvalue weighted by Gasteiger charge is -2.21. The van der Waals surface area contributed by atoms with Gasteiger partial charge in [0.1, 0.15) is 10.3 Å². The van der Waals surface area contributed by atoms with E-state index in [1.54, 1.807) is 0 Å². The van der Waals surface area contributed by atoms with Gasteiger partial charge in [0.05, 0.1) is 0 Å². The Hall–Kier alpha value is -2.02. The summed E-state index contributed by atoms with van der Waals surface area (Å²) in [6.45, 7) is 0. The van der Waals surface area contributed by atoms with Crippen LogP contribution in [0, 0.1) is 9.41 Å². The number of carbonyl (C=O) groups excluding carboxylic acids is 2. The number of hydrogen-bond donors (Lipinski definition) is 6. The molecule has 0 bridgehead atoms. The third-order valence-corrected chi connectivity index (χ3v) is 2.35. The fraction of sp³-hybridized carbons (Fsp3) is 0. The molecular weight excluding hydrogens is 280 g/mol. The predicted octanol–water partition coefficient (Wildman–Crippen LogP) is -0.681. The van der Waals surface area contributed by atoms with Crippen LogP contribution in [0.3, 0.4) is 0 Å². The van der Waals surface area contributed by atoms with Gasteiger partial charge in [-0.2, -0.15) is 0 Å². The zero-order valence-corrected chi connectivity index (χ0v) is 10.5. The quantitative estimate of drug-likeness (QED) is 0.182. The number of nitrogens with two attached hydrogens (primary N) is 4. The first-order valence-corrected chi connectivity index (χ1v) is 5.12. The number of hydrogen-bond acceptors (Lipinski definition) is 6. The molecule has 0 radical (unpaired) electrons. The Balaban J connectivity index is 3.58. The molecule has 10 N–H and O–H groups in total. The number of nitrogens with one attached hydrogen (secondary N) is 2. The van der Waals surface area contributed by atoms with Crippen LogP contribution < -0.4 is 33.2 Å². The number of rotatable bonds is 2. The first-order valence-electron chi connectivity index (χ1n) is 4.30. The lowest BCUT2D eigenvalue weighted by atomic mass is 10.4. The number of aromatic amines is 2. The van der Waals surface area contributed by atoms with Gasteiger partial charge in [0.2, 0.25) is 0 Å². The molecule has 0 atom stereocenters. The summed E-state index contributed by atoms with van der Waals surface area (Å²) < 4.78 is 0.0278. The summed E-state index contributed by atoms with van der Waals surface area (Å²) in [6.07, 6.45) is 0. The minimum absolute atomic E-state index is 0.0354. The number of H-pyrrole nitrogens is 2. The molecule has 0 fully saturated rings. The predicted molar refractivity (Wildman–Crippen MR) is 69.3 cm³/mol. The molecule has 4 amide bonds. The van der Waals surface area contributed by atoms with Crippen molar-refractivity contribution in [2.75, 3.05) is 10.0 Å². The Bertz CT molecular complexity index is 606. The maximum absolute atomic E-state index is 11.0. The van der Waals surface area contributed by atoms with Crippen molar-refractivity contribution in [2.45, 2.75) is 0 Å². The standard InChI is InChI=1S/C6H10N8O2S2/c7-4(15)13(9)1-2(14(10)5(8)16)11-6(18)12-3(1)17/h9-10H2,(H2,7,15)(H2,8,16)(H2,11,12,17,18). The van der Waals surface area contributed by atoms with Crippen LogP contribution in [-0.2, 0) is 0 Å². The normalized spacial score (nSPS) is 9.89.